The molecule has 2 heteroatoms. The first-order chi connectivity index (χ1) is 7.74. The molecule has 0 aliphatic rings. The van der Waals surface area contributed by atoms with Gasteiger partial charge in [-0.25, -0.2) is 0 Å². The fourth-order valence-electron chi connectivity index (χ4n) is 1.96. The predicted octanol–water partition coefficient (Wildman–Crippen LogP) is 3.25. The minimum absolute atomic E-state index is 0.0181. The van der Waals surface area contributed by atoms with Crippen LogP contribution in [0, 0.1) is 6.92 Å². The van der Waals surface area contributed by atoms with Crippen molar-refractivity contribution in [2.45, 2.75) is 6.92 Å². The van der Waals surface area contributed by atoms with Gasteiger partial charge in [0, 0.05) is 6.07 Å². The molecule has 2 nitrogen and oxygen atoms in total. The molecule has 0 radical (unpaired) electrons. The molecule has 0 saturated heterocycles. The largest absolute Gasteiger partial charge is 0.461 e. The van der Waals surface area contributed by atoms with Gasteiger partial charge in [0.15, 0.2) is 5.43 Å². The summed E-state index contributed by atoms with van der Waals surface area (Å²) < 4.78 is 5.55. The summed E-state index contributed by atoms with van der Waals surface area (Å²) in [5.41, 5.74) is 0.674. The molecular weight excluding hydrogens is 200 g/mol. The minimum Gasteiger partial charge on any atom is -0.461 e. The topological polar surface area (TPSA) is 30.2 Å². The summed E-state index contributed by atoms with van der Waals surface area (Å²) in [6.07, 6.45) is 0. The summed E-state index contributed by atoms with van der Waals surface area (Å²) in [7, 11) is 0. The molecule has 0 spiro atoms. The molecule has 0 aliphatic carbocycles. The van der Waals surface area contributed by atoms with Crippen LogP contribution in [0.2, 0.25) is 0 Å². The van der Waals surface area contributed by atoms with E-state index in [9.17, 15) is 4.79 Å². The van der Waals surface area contributed by atoms with Gasteiger partial charge in [-0.1, -0.05) is 24.3 Å². The molecule has 78 valence electrons. The Labute approximate surface area is 92.1 Å². The van der Waals surface area contributed by atoms with Crippen molar-refractivity contribution in [3.05, 3.63) is 58.4 Å². The molecule has 2 aromatic carbocycles. The van der Waals surface area contributed by atoms with Crippen LogP contribution in [-0.2, 0) is 0 Å². The van der Waals surface area contributed by atoms with E-state index in [1.54, 1.807) is 6.92 Å². The summed E-state index contributed by atoms with van der Waals surface area (Å²) in [5.74, 6) is 0.646. The van der Waals surface area contributed by atoms with Gasteiger partial charge in [0.2, 0.25) is 0 Å². The van der Waals surface area contributed by atoms with Crippen molar-refractivity contribution in [1.82, 2.24) is 0 Å². The zero-order valence-corrected chi connectivity index (χ0v) is 8.86. The molecule has 0 aliphatic heterocycles. The molecular formula is C14H10O2. The van der Waals surface area contributed by atoms with Crippen molar-refractivity contribution in [2.24, 2.45) is 0 Å². The Kier molecular flexibility index (Phi) is 1.83. The van der Waals surface area contributed by atoms with Gasteiger partial charge < -0.3 is 4.42 Å². The van der Waals surface area contributed by atoms with Crippen LogP contribution < -0.4 is 5.43 Å². The third-order valence-corrected chi connectivity index (χ3v) is 2.72. The zero-order chi connectivity index (χ0) is 11.1. The van der Waals surface area contributed by atoms with E-state index < -0.39 is 0 Å². The van der Waals surface area contributed by atoms with E-state index in [-0.39, 0.29) is 5.43 Å². The number of hydrogen-bond donors (Lipinski definition) is 0. The lowest BCUT2D eigenvalue weighted by molar-refractivity contribution is 0.565. The lowest BCUT2D eigenvalue weighted by atomic mass is 10.1. The molecule has 0 unspecified atom stereocenters. The van der Waals surface area contributed by atoms with E-state index >= 15 is 0 Å². The smallest absolute Gasteiger partial charge is 0.192 e. The highest BCUT2D eigenvalue weighted by atomic mass is 16.3. The monoisotopic (exact) mass is 210 g/mol. The van der Waals surface area contributed by atoms with Crippen LogP contribution in [0.25, 0.3) is 21.7 Å². The van der Waals surface area contributed by atoms with E-state index in [0.29, 0.717) is 16.7 Å². The van der Waals surface area contributed by atoms with Gasteiger partial charge in [0.05, 0.1) is 5.39 Å². The second-order valence-electron chi connectivity index (χ2n) is 3.92. The van der Waals surface area contributed by atoms with E-state index in [4.69, 9.17) is 4.42 Å². The van der Waals surface area contributed by atoms with E-state index in [2.05, 4.69) is 0 Å². The molecule has 0 saturated carbocycles. The van der Waals surface area contributed by atoms with Crippen LogP contribution in [0.3, 0.4) is 0 Å². The summed E-state index contributed by atoms with van der Waals surface area (Å²) in [4.78, 5) is 11.8. The van der Waals surface area contributed by atoms with Crippen molar-refractivity contribution < 1.29 is 4.42 Å². The van der Waals surface area contributed by atoms with Crippen LogP contribution in [0.4, 0.5) is 0 Å². The Bertz CT molecular complexity index is 738. The zero-order valence-electron chi connectivity index (χ0n) is 8.86. The molecule has 16 heavy (non-hydrogen) atoms. The SMILES string of the molecule is Cc1cc(=O)c2cc3ccccc3cc2o1. The number of rotatable bonds is 0. The Balaban J connectivity index is 2.56. The van der Waals surface area contributed by atoms with Gasteiger partial charge >= 0.3 is 0 Å². The van der Waals surface area contributed by atoms with Crippen molar-refractivity contribution in [3.63, 3.8) is 0 Å². The second kappa shape index (κ2) is 3.20. The Hall–Kier alpha value is -2.09. The maximum Gasteiger partial charge on any atom is 0.192 e. The molecule has 1 aromatic heterocycles. The van der Waals surface area contributed by atoms with Crippen LogP contribution in [0.15, 0.2) is 51.7 Å². The van der Waals surface area contributed by atoms with Crippen LogP contribution in [0.5, 0.6) is 0 Å². The van der Waals surface area contributed by atoms with Crippen molar-refractivity contribution in [2.75, 3.05) is 0 Å². The molecule has 1 heterocycles. The Morgan fingerprint density at radius 2 is 1.69 bits per heavy atom. The van der Waals surface area contributed by atoms with Crippen LogP contribution in [-0.4, -0.2) is 0 Å². The standard InChI is InChI=1S/C14H10O2/c1-9-6-13(15)12-7-10-4-2-3-5-11(10)8-14(12)16-9/h2-8H,1H3. The van der Waals surface area contributed by atoms with Gasteiger partial charge in [-0.2, -0.15) is 0 Å². The average molecular weight is 210 g/mol. The molecule has 0 atom stereocenters. The fraction of sp³-hybridized carbons (Fsp3) is 0.0714. The normalized spacial score (nSPS) is 11.1. The van der Waals surface area contributed by atoms with Crippen LogP contribution in [0.1, 0.15) is 5.76 Å². The van der Waals surface area contributed by atoms with E-state index in [0.717, 1.165) is 10.8 Å². The van der Waals surface area contributed by atoms with Gasteiger partial charge in [-0.3, -0.25) is 4.79 Å². The predicted molar refractivity (Wildman–Crippen MR) is 64.7 cm³/mol. The third kappa shape index (κ3) is 1.31. The van der Waals surface area contributed by atoms with Gasteiger partial charge in [0.1, 0.15) is 11.3 Å². The second-order valence-corrected chi connectivity index (χ2v) is 3.92. The van der Waals surface area contributed by atoms with Gasteiger partial charge in [-0.15, -0.1) is 0 Å². The molecule has 3 rings (SSSR count). The lowest BCUT2D eigenvalue weighted by Gasteiger charge is -2.01. The van der Waals surface area contributed by atoms with Gasteiger partial charge in [0.25, 0.3) is 0 Å². The first-order valence-electron chi connectivity index (χ1n) is 5.17. The highest BCUT2D eigenvalue weighted by Gasteiger charge is 2.03. The summed E-state index contributed by atoms with van der Waals surface area (Å²) >= 11 is 0. The molecule has 0 bridgehead atoms. The first kappa shape index (κ1) is 9.16. The molecule has 0 N–H and O–H groups in total. The molecule has 0 fully saturated rings. The van der Waals surface area contributed by atoms with E-state index in [1.165, 1.54) is 6.07 Å². The van der Waals surface area contributed by atoms with Crippen molar-refractivity contribution in [3.8, 4) is 0 Å². The fourth-order valence-corrected chi connectivity index (χ4v) is 1.96. The summed E-state index contributed by atoms with van der Waals surface area (Å²) in [6, 6.07) is 13.3. The minimum atomic E-state index is 0.0181. The number of benzene rings is 2. The van der Waals surface area contributed by atoms with E-state index in [1.807, 2.05) is 36.4 Å². The van der Waals surface area contributed by atoms with Crippen molar-refractivity contribution >= 4 is 21.7 Å². The lowest BCUT2D eigenvalue weighted by Crippen LogP contribution is -1.99. The summed E-state index contributed by atoms with van der Waals surface area (Å²) in [6.45, 7) is 1.79. The highest BCUT2D eigenvalue weighted by molar-refractivity contribution is 5.95. The molecule has 0 amide bonds. The highest BCUT2D eigenvalue weighted by Crippen LogP contribution is 2.21. The van der Waals surface area contributed by atoms with Crippen LogP contribution >= 0.6 is 0 Å². The summed E-state index contributed by atoms with van der Waals surface area (Å²) in [5, 5.41) is 2.79. The third-order valence-electron chi connectivity index (χ3n) is 2.72. The number of fused-ring (bicyclic) bond motifs is 2. The maximum absolute atomic E-state index is 11.8. The Morgan fingerprint density at radius 3 is 2.44 bits per heavy atom. The Morgan fingerprint density at radius 1 is 1.00 bits per heavy atom. The first-order valence-corrected chi connectivity index (χ1v) is 5.17. The number of hydrogen-bond acceptors (Lipinski definition) is 2. The average Bonchev–Trinajstić information content (AvgIpc) is 2.27. The number of aryl methyl sites for hydroxylation is 1. The van der Waals surface area contributed by atoms with Crippen molar-refractivity contribution in [1.29, 1.82) is 0 Å². The molecule has 3 aromatic rings. The maximum atomic E-state index is 11.8. The quantitative estimate of drug-likeness (QED) is 0.533. The van der Waals surface area contributed by atoms with Gasteiger partial charge in [-0.05, 0) is 29.8 Å².